The number of nitrogens with zero attached hydrogens (tertiary/aromatic N) is 5. The fourth-order valence-electron chi connectivity index (χ4n) is 4.90. The third-order valence-corrected chi connectivity index (χ3v) is 6.73. The molecule has 1 aliphatic heterocycles. The molecule has 0 spiro atoms. The summed E-state index contributed by atoms with van der Waals surface area (Å²) in [5.41, 5.74) is 5.15. The van der Waals surface area contributed by atoms with Crippen molar-refractivity contribution in [2.75, 3.05) is 0 Å². The Morgan fingerprint density at radius 1 is 1.00 bits per heavy atom. The minimum Gasteiger partial charge on any atom is -0.508 e. The lowest BCUT2D eigenvalue weighted by atomic mass is 9.94. The van der Waals surface area contributed by atoms with E-state index in [1.807, 2.05) is 35.1 Å². The highest BCUT2D eigenvalue weighted by atomic mass is 16.3. The summed E-state index contributed by atoms with van der Waals surface area (Å²) in [6.45, 7) is 4.91. The third kappa shape index (κ3) is 3.48. The Kier molecular flexibility index (Phi) is 4.99. The summed E-state index contributed by atoms with van der Waals surface area (Å²) in [6.07, 6.45) is 3.25. The number of aromatic hydroxyl groups is 2. The van der Waals surface area contributed by atoms with E-state index < -0.39 is 0 Å². The van der Waals surface area contributed by atoms with E-state index in [0.29, 0.717) is 17.9 Å². The van der Waals surface area contributed by atoms with E-state index in [4.69, 9.17) is 5.10 Å². The van der Waals surface area contributed by atoms with Gasteiger partial charge in [0.25, 0.3) is 0 Å². The van der Waals surface area contributed by atoms with Crippen LogP contribution in [0.4, 0.5) is 0 Å². The molecule has 0 saturated heterocycles. The molecule has 36 heavy (non-hydrogen) atoms. The van der Waals surface area contributed by atoms with Crippen molar-refractivity contribution >= 4 is 0 Å². The molecule has 1 atom stereocenters. The maximum atomic E-state index is 13.3. The second-order valence-electron chi connectivity index (χ2n) is 9.34. The van der Waals surface area contributed by atoms with Gasteiger partial charge in [0.2, 0.25) is 0 Å². The predicted octanol–water partition coefficient (Wildman–Crippen LogP) is 4.45. The zero-order chi connectivity index (χ0) is 25.0. The van der Waals surface area contributed by atoms with Crippen LogP contribution < -0.4 is 5.43 Å². The smallest absolute Gasteiger partial charge is 0.193 e. The summed E-state index contributed by atoms with van der Waals surface area (Å²) in [5, 5.41) is 31.5. The van der Waals surface area contributed by atoms with Crippen LogP contribution in [0.25, 0.3) is 45.2 Å². The average molecular weight is 481 g/mol. The van der Waals surface area contributed by atoms with Gasteiger partial charge in [0.1, 0.15) is 23.5 Å². The first-order valence-corrected chi connectivity index (χ1v) is 11.7. The number of pyridine rings is 1. The van der Waals surface area contributed by atoms with Crippen LogP contribution in [-0.4, -0.2) is 39.7 Å². The first kappa shape index (κ1) is 21.8. The minimum atomic E-state index is -0.169. The molecule has 0 fully saturated rings. The van der Waals surface area contributed by atoms with Gasteiger partial charge in [-0.25, -0.2) is 4.98 Å². The van der Waals surface area contributed by atoms with Crippen LogP contribution in [0.2, 0.25) is 0 Å². The Balaban J connectivity index is 1.66. The van der Waals surface area contributed by atoms with Crippen molar-refractivity contribution in [3.63, 3.8) is 0 Å². The van der Waals surface area contributed by atoms with E-state index in [1.165, 1.54) is 6.33 Å². The zero-order valence-electron chi connectivity index (χ0n) is 19.8. The fourth-order valence-corrected chi connectivity index (χ4v) is 4.90. The second kappa shape index (κ2) is 8.23. The lowest BCUT2D eigenvalue weighted by Gasteiger charge is -2.33. The number of hydrogen-bond donors (Lipinski definition) is 3. The van der Waals surface area contributed by atoms with Gasteiger partial charge in [-0.3, -0.25) is 14.6 Å². The summed E-state index contributed by atoms with van der Waals surface area (Å²) in [4.78, 5) is 17.5. The van der Waals surface area contributed by atoms with Gasteiger partial charge in [-0.05, 0) is 47.9 Å². The summed E-state index contributed by atoms with van der Waals surface area (Å²) >= 11 is 0. The fraction of sp³-hybridized carbons (Fsp3) is 0.185. The van der Waals surface area contributed by atoms with Gasteiger partial charge in [0.05, 0.1) is 29.5 Å². The summed E-state index contributed by atoms with van der Waals surface area (Å²) in [6, 6.07) is 15.6. The van der Waals surface area contributed by atoms with Crippen molar-refractivity contribution < 1.29 is 10.2 Å². The molecule has 9 nitrogen and oxygen atoms in total. The van der Waals surface area contributed by atoms with E-state index in [9.17, 15) is 15.0 Å². The maximum Gasteiger partial charge on any atom is 0.193 e. The lowest BCUT2D eigenvalue weighted by molar-refractivity contribution is 0.307. The molecule has 6 rings (SSSR count). The summed E-state index contributed by atoms with van der Waals surface area (Å²) < 4.78 is 4.11. The summed E-state index contributed by atoms with van der Waals surface area (Å²) in [7, 11) is 0. The van der Waals surface area contributed by atoms with E-state index in [0.717, 1.165) is 33.8 Å². The highest BCUT2D eigenvalue weighted by Crippen LogP contribution is 2.44. The normalized spacial score (nSPS) is 14.6. The Morgan fingerprint density at radius 2 is 1.67 bits per heavy atom. The van der Waals surface area contributed by atoms with Crippen LogP contribution >= 0.6 is 0 Å². The third-order valence-electron chi connectivity index (χ3n) is 6.73. The Morgan fingerprint density at radius 3 is 2.28 bits per heavy atom. The molecule has 0 saturated carbocycles. The highest BCUT2D eigenvalue weighted by Gasteiger charge is 2.32. The predicted molar refractivity (Wildman–Crippen MR) is 135 cm³/mol. The monoisotopic (exact) mass is 480 g/mol. The quantitative estimate of drug-likeness (QED) is 0.349. The Hall–Kier alpha value is -4.66. The van der Waals surface area contributed by atoms with Crippen LogP contribution in [0.5, 0.6) is 11.5 Å². The van der Waals surface area contributed by atoms with Gasteiger partial charge in [0.15, 0.2) is 11.3 Å². The molecule has 2 aromatic carbocycles. The van der Waals surface area contributed by atoms with Gasteiger partial charge in [-0.15, -0.1) is 0 Å². The van der Waals surface area contributed by atoms with E-state index >= 15 is 0 Å². The minimum absolute atomic E-state index is 0.0509. The van der Waals surface area contributed by atoms with Crippen molar-refractivity contribution in [2.45, 2.75) is 26.4 Å². The number of fused-ring (bicyclic) bond motifs is 3. The van der Waals surface area contributed by atoms with Gasteiger partial charge in [0, 0.05) is 23.4 Å². The van der Waals surface area contributed by atoms with Crippen LogP contribution in [0.1, 0.15) is 19.9 Å². The van der Waals surface area contributed by atoms with E-state index in [-0.39, 0.29) is 28.9 Å². The van der Waals surface area contributed by atoms with Crippen LogP contribution in [0.15, 0.2) is 71.9 Å². The first-order chi connectivity index (χ1) is 17.4. The number of H-pyrrole nitrogens is 1. The van der Waals surface area contributed by atoms with Crippen molar-refractivity contribution in [1.29, 1.82) is 0 Å². The molecule has 0 unspecified atom stereocenters. The molecular weight excluding hydrogens is 456 g/mol. The van der Waals surface area contributed by atoms with Gasteiger partial charge in [-0.2, -0.15) is 10.2 Å². The molecule has 0 aliphatic carbocycles. The number of aromatic amines is 1. The molecule has 0 radical (unpaired) electrons. The first-order valence-electron chi connectivity index (χ1n) is 11.7. The topological polar surface area (TPSA) is 122 Å². The zero-order valence-corrected chi connectivity index (χ0v) is 19.8. The van der Waals surface area contributed by atoms with Crippen LogP contribution in [0.3, 0.4) is 0 Å². The van der Waals surface area contributed by atoms with Crippen molar-refractivity contribution in [2.24, 2.45) is 5.92 Å². The Labute approximate surface area is 206 Å². The van der Waals surface area contributed by atoms with Gasteiger partial charge >= 0.3 is 0 Å². The summed E-state index contributed by atoms with van der Waals surface area (Å²) in [5.74, 6) is 1.03. The molecule has 9 heteroatoms. The molecule has 4 heterocycles. The number of benzene rings is 2. The van der Waals surface area contributed by atoms with Crippen LogP contribution in [-0.2, 0) is 6.54 Å². The number of nitrogens with one attached hydrogen (secondary N) is 1. The molecule has 5 aromatic rings. The van der Waals surface area contributed by atoms with Gasteiger partial charge < -0.3 is 14.8 Å². The number of aromatic nitrogens is 6. The van der Waals surface area contributed by atoms with Gasteiger partial charge in [-0.1, -0.05) is 26.0 Å². The molecule has 1 aliphatic rings. The van der Waals surface area contributed by atoms with Crippen molar-refractivity contribution in [3.05, 3.63) is 77.3 Å². The molecule has 0 bridgehead atoms. The number of phenols is 2. The average Bonchev–Trinajstić information content (AvgIpc) is 3.52. The number of hydrogen-bond acceptors (Lipinski definition) is 6. The molecule has 3 aromatic heterocycles. The largest absolute Gasteiger partial charge is 0.508 e. The van der Waals surface area contributed by atoms with E-state index in [1.54, 1.807) is 30.3 Å². The Bertz CT molecular complexity index is 1610. The molecular formula is C27H24N6O3. The van der Waals surface area contributed by atoms with Crippen LogP contribution in [0, 0.1) is 5.92 Å². The highest BCUT2D eigenvalue weighted by molar-refractivity contribution is 5.91. The van der Waals surface area contributed by atoms with Crippen molar-refractivity contribution in [1.82, 2.24) is 29.5 Å². The van der Waals surface area contributed by atoms with E-state index in [2.05, 4.69) is 33.6 Å². The number of phenolic OH excluding ortho intramolecular Hbond substituents is 2. The molecule has 0 amide bonds. The molecule has 3 N–H and O–H groups in total. The SMILES string of the molecule is CC(C)[C@@H]1Cn2nc(-c3ccc(O)cc3)c(-c3ccc(O)cc3)c2-c2cc(=O)c(-c3ncn[nH]3)cn21. The second-order valence-corrected chi connectivity index (χ2v) is 9.34. The molecule has 180 valence electrons. The maximum absolute atomic E-state index is 13.3. The number of rotatable bonds is 4. The van der Waals surface area contributed by atoms with Crippen molar-refractivity contribution in [3.8, 4) is 56.7 Å². The lowest BCUT2D eigenvalue weighted by Crippen LogP contribution is -2.30. The standard InChI is InChI=1S/C27H24N6O3/c1-15(2)22-13-33-26(21-11-23(36)20(12-32(21)22)27-28-14-29-30-27)24(16-3-7-18(34)8-4-16)25(31-33)17-5-9-19(35)10-6-17/h3-12,14-15,22,34-35H,13H2,1-2H3,(H,28,29,30)/t22-/m0/s1.